The Bertz CT molecular complexity index is 1140. The fourth-order valence-corrected chi connectivity index (χ4v) is 5.03. The first-order chi connectivity index (χ1) is 16.7. The van der Waals surface area contributed by atoms with Crippen molar-refractivity contribution in [2.24, 2.45) is 0 Å². The molecule has 0 radical (unpaired) electrons. The Morgan fingerprint density at radius 1 is 1.00 bits per heavy atom. The van der Waals surface area contributed by atoms with Gasteiger partial charge in [0.15, 0.2) is 0 Å². The van der Waals surface area contributed by atoms with Crippen LogP contribution in [0.1, 0.15) is 57.2 Å². The van der Waals surface area contributed by atoms with Crippen LogP contribution in [0.25, 0.3) is 0 Å². The van der Waals surface area contributed by atoms with Crippen LogP contribution in [0.15, 0.2) is 48.5 Å². The first-order valence-corrected chi connectivity index (χ1v) is 14.2. The van der Waals surface area contributed by atoms with Gasteiger partial charge >= 0.3 is 0 Å². The molecule has 1 N–H and O–H groups in total. The quantitative estimate of drug-likeness (QED) is 0.485. The van der Waals surface area contributed by atoms with E-state index in [1.54, 1.807) is 11.8 Å². The van der Waals surface area contributed by atoms with E-state index in [2.05, 4.69) is 5.32 Å². The maximum Gasteiger partial charge on any atom is 0.242 e. The van der Waals surface area contributed by atoms with E-state index in [4.69, 9.17) is 0 Å². The molecule has 8 heteroatoms. The maximum absolute atomic E-state index is 13.3. The van der Waals surface area contributed by atoms with Crippen LogP contribution in [0.2, 0.25) is 0 Å². The lowest BCUT2D eigenvalue weighted by Gasteiger charge is -2.32. The molecule has 198 valence electrons. The number of anilines is 1. The maximum atomic E-state index is 13.3. The van der Waals surface area contributed by atoms with Crippen LogP contribution in [-0.2, 0) is 26.0 Å². The average molecular weight is 516 g/mol. The second kappa shape index (κ2) is 12.4. The number of rotatable bonds is 11. The number of benzene rings is 2. The second-order valence-electron chi connectivity index (χ2n) is 10.5. The summed E-state index contributed by atoms with van der Waals surface area (Å²) in [6.45, 7) is 11.8. The number of hydrogen-bond acceptors (Lipinski definition) is 4. The zero-order valence-corrected chi connectivity index (χ0v) is 23.5. The number of nitrogens with zero attached hydrogens (tertiary/aromatic N) is 2. The summed E-state index contributed by atoms with van der Waals surface area (Å²) in [5, 5.41) is 2.96. The van der Waals surface area contributed by atoms with E-state index in [1.807, 2.05) is 83.1 Å². The minimum Gasteiger partial charge on any atom is -0.350 e. The van der Waals surface area contributed by atoms with E-state index in [-0.39, 0.29) is 24.8 Å². The third-order valence-corrected chi connectivity index (χ3v) is 7.12. The molecule has 2 rings (SSSR count). The third kappa shape index (κ3) is 8.97. The van der Waals surface area contributed by atoms with Gasteiger partial charge in [0.05, 0.1) is 11.9 Å². The van der Waals surface area contributed by atoms with E-state index >= 15 is 0 Å². The fourth-order valence-electron chi connectivity index (χ4n) is 4.01. The zero-order valence-electron chi connectivity index (χ0n) is 22.7. The molecule has 36 heavy (non-hydrogen) atoms. The van der Waals surface area contributed by atoms with Gasteiger partial charge in [0.25, 0.3) is 0 Å². The summed E-state index contributed by atoms with van der Waals surface area (Å²) in [5.74, 6) is -0.381. The van der Waals surface area contributed by atoms with Crippen molar-refractivity contribution in [2.75, 3.05) is 23.7 Å². The number of sulfonamides is 1. The van der Waals surface area contributed by atoms with E-state index in [1.165, 1.54) is 10.6 Å². The van der Waals surface area contributed by atoms with Gasteiger partial charge in [-0.15, -0.1) is 0 Å². The highest BCUT2D eigenvalue weighted by molar-refractivity contribution is 7.92. The Hall–Kier alpha value is -2.87. The van der Waals surface area contributed by atoms with Crippen molar-refractivity contribution < 1.29 is 18.0 Å². The van der Waals surface area contributed by atoms with Gasteiger partial charge in [-0.1, -0.05) is 42.5 Å². The van der Waals surface area contributed by atoms with Crippen molar-refractivity contribution in [2.45, 2.75) is 72.4 Å². The minimum absolute atomic E-state index is 0.138. The Balaban J connectivity index is 2.16. The summed E-state index contributed by atoms with van der Waals surface area (Å²) in [6, 6.07) is 14.9. The SMILES string of the molecule is Cc1ccc(C)c(N(CCCC(=O)N(CCc2ccccc2)[C@@H](C)C(=O)NC(C)(C)C)S(C)(=O)=O)c1. The van der Waals surface area contributed by atoms with Gasteiger partial charge in [-0.2, -0.15) is 0 Å². The van der Waals surface area contributed by atoms with Gasteiger partial charge in [-0.05, 0) is 77.1 Å². The summed E-state index contributed by atoms with van der Waals surface area (Å²) >= 11 is 0. The Morgan fingerprint density at radius 2 is 1.64 bits per heavy atom. The molecule has 0 aliphatic heterocycles. The lowest BCUT2D eigenvalue weighted by molar-refractivity contribution is -0.140. The molecule has 0 unspecified atom stereocenters. The van der Waals surface area contributed by atoms with E-state index in [0.29, 0.717) is 25.1 Å². The lowest BCUT2D eigenvalue weighted by atomic mass is 10.1. The van der Waals surface area contributed by atoms with Crippen LogP contribution in [0.4, 0.5) is 5.69 Å². The molecule has 0 aliphatic rings. The molecular formula is C28H41N3O4S. The molecule has 0 saturated carbocycles. The van der Waals surface area contributed by atoms with Gasteiger partial charge in [-0.3, -0.25) is 13.9 Å². The molecule has 2 aromatic rings. The molecule has 1 atom stereocenters. The molecule has 7 nitrogen and oxygen atoms in total. The molecule has 0 bridgehead atoms. The van der Waals surface area contributed by atoms with Crippen LogP contribution in [0, 0.1) is 13.8 Å². The standard InChI is InChI=1S/C28H41N3O4S/c1-21-15-16-22(2)25(20-21)31(36(7,34)35)18-11-14-26(32)30(19-17-24-12-9-8-10-13-24)23(3)27(33)29-28(4,5)6/h8-10,12-13,15-16,20,23H,11,14,17-19H2,1-7H3,(H,29,33)/t23-/m0/s1. The summed E-state index contributed by atoms with van der Waals surface area (Å²) in [4.78, 5) is 27.8. The van der Waals surface area contributed by atoms with Crippen LogP contribution in [0.3, 0.4) is 0 Å². The van der Waals surface area contributed by atoms with E-state index in [0.717, 1.165) is 16.7 Å². The van der Waals surface area contributed by atoms with Crippen molar-refractivity contribution >= 4 is 27.5 Å². The number of carbonyl (C=O) groups excluding carboxylic acids is 2. The van der Waals surface area contributed by atoms with Gasteiger partial charge < -0.3 is 10.2 Å². The van der Waals surface area contributed by atoms with Gasteiger partial charge in [-0.25, -0.2) is 8.42 Å². The van der Waals surface area contributed by atoms with E-state index < -0.39 is 21.6 Å². The summed E-state index contributed by atoms with van der Waals surface area (Å²) < 4.78 is 26.5. The number of nitrogens with one attached hydrogen (secondary N) is 1. The van der Waals surface area contributed by atoms with Gasteiger partial charge in [0, 0.05) is 25.0 Å². The third-order valence-electron chi connectivity index (χ3n) is 5.94. The highest BCUT2D eigenvalue weighted by Gasteiger charge is 2.28. The monoisotopic (exact) mass is 515 g/mol. The number of carbonyl (C=O) groups is 2. The predicted molar refractivity (Wildman–Crippen MR) is 147 cm³/mol. The van der Waals surface area contributed by atoms with Crippen molar-refractivity contribution in [3.05, 3.63) is 65.2 Å². The molecule has 0 aliphatic carbocycles. The lowest BCUT2D eigenvalue weighted by Crippen LogP contribution is -2.53. The number of amides is 2. The van der Waals surface area contributed by atoms with Crippen molar-refractivity contribution in [1.82, 2.24) is 10.2 Å². The van der Waals surface area contributed by atoms with Gasteiger partial charge in [0.2, 0.25) is 21.8 Å². The minimum atomic E-state index is -3.53. The van der Waals surface area contributed by atoms with Gasteiger partial charge in [0.1, 0.15) is 6.04 Å². The molecular weight excluding hydrogens is 474 g/mol. The smallest absolute Gasteiger partial charge is 0.242 e. The Morgan fingerprint density at radius 3 is 2.22 bits per heavy atom. The largest absolute Gasteiger partial charge is 0.350 e. The molecule has 0 saturated heterocycles. The fraction of sp³-hybridized carbons (Fsp3) is 0.500. The van der Waals surface area contributed by atoms with E-state index in [9.17, 15) is 18.0 Å². The molecule has 0 heterocycles. The molecule has 0 spiro atoms. The highest BCUT2D eigenvalue weighted by atomic mass is 32.2. The van der Waals surface area contributed by atoms with Crippen molar-refractivity contribution in [3.63, 3.8) is 0 Å². The first-order valence-electron chi connectivity index (χ1n) is 12.4. The normalized spacial score (nSPS) is 12.6. The molecule has 0 aromatic heterocycles. The zero-order chi connectivity index (χ0) is 27.1. The number of hydrogen-bond donors (Lipinski definition) is 1. The summed E-state index contributed by atoms with van der Waals surface area (Å²) in [5.41, 5.74) is 3.11. The molecule has 2 amide bonds. The summed E-state index contributed by atoms with van der Waals surface area (Å²) in [7, 11) is -3.53. The van der Waals surface area contributed by atoms with Crippen LogP contribution in [-0.4, -0.2) is 56.1 Å². The number of aryl methyl sites for hydroxylation is 2. The second-order valence-corrected chi connectivity index (χ2v) is 12.4. The van der Waals surface area contributed by atoms with Crippen LogP contribution in [0.5, 0.6) is 0 Å². The van der Waals surface area contributed by atoms with Crippen LogP contribution >= 0.6 is 0 Å². The predicted octanol–water partition coefficient (Wildman–Crippen LogP) is 4.22. The highest BCUT2D eigenvalue weighted by Crippen LogP contribution is 2.24. The summed E-state index contributed by atoms with van der Waals surface area (Å²) in [6.07, 6.45) is 2.28. The Labute approximate surface area is 216 Å². The first kappa shape index (κ1) is 29.4. The molecule has 0 fully saturated rings. The van der Waals surface area contributed by atoms with Crippen LogP contribution < -0.4 is 9.62 Å². The van der Waals surface area contributed by atoms with Crippen molar-refractivity contribution in [3.8, 4) is 0 Å². The van der Waals surface area contributed by atoms with Crippen molar-refractivity contribution in [1.29, 1.82) is 0 Å². The Kier molecular flexibility index (Phi) is 10.1. The topological polar surface area (TPSA) is 86.8 Å². The molecule has 2 aromatic carbocycles. The average Bonchev–Trinajstić information content (AvgIpc) is 2.77.